The van der Waals surface area contributed by atoms with E-state index in [0.29, 0.717) is 18.4 Å². The van der Waals surface area contributed by atoms with Gasteiger partial charge in [-0.3, -0.25) is 4.79 Å². The van der Waals surface area contributed by atoms with Gasteiger partial charge in [-0.05, 0) is 43.0 Å². The third-order valence-electron chi connectivity index (χ3n) is 5.26. The molecule has 1 saturated heterocycles. The molecule has 1 aliphatic rings. The van der Waals surface area contributed by atoms with E-state index in [9.17, 15) is 4.79 Å². The number of aromatic nitrogens is 3. The molecule has 146 valence electrons. The van der Waals surface area contributed by atoms with Gasteiger partial charge < -0.3 is 14.8 Å². The second-order valence-corrected chi connectivity index (χ2v) is 7.92. The van der Waals surface area contributed by atoms with E-state index in [1.165, 1.54) is 0 Å². The van der Waals surface area contributed by atoms with Gasteiger partial charge in [0.1, 0.15) is 0 Å². The molecule has 1 N–H and O–H groups in total. The molecule has 28 heavy (non-hydrogen) atoms. The molecule has 2 aromatic heterocycles. The van der Waals surface area contributed by atoms with Crippen LogP contribution in [-0.2, 0) is 11.3 Å². The minimum atomic E-state index is -0.0643. The van der Waals surface area contributed by atoms with E-state index in [1.807, 2.05) is 18.2 Å². The van der Waals surface area contributed by atoms with Gasteiger partial charge in [-0.25, -0.2) is 9.97 Å². The second-order valence-electron chi connectivity index (χ2n) is 7.92. The SMILES string of the molecule is CC(C)Cn1ccc2c(NC(=O)[C@@H]3CCCN(c4ncccn4)C3)cccc21. The fourth-order valence-corrected chi connectivity index (χ4v) is 3.95. The molecule has 3 heterocycles. The van der Waals surface area contributed by atoms with Gasteiger partial charge in [0.2, 0.25) is 11.9 Å². The lowest BCUT2D eigenvalue weighted by Gasteiger charge is -2.31. The first kappa shape index (κ1) is 18.5. The number of carbonyl (C=O) groups is 1. The minimum absolute atomic E-state index is 0.0643. The molecule has 3 aromatic rings. The van der Waals surface area contributed by atoms with E-state index in [0.717, 1.165) is 42.5 Å². The molecule has 0 bridgehead atoms. The van der Waals surface area contributed by atoms with Crippen LogP contribution >= 0.6 is 0 Å². The molecule has 1 atom stereocenters. The maximum atomic E-state index is 13.0. The normalized spacial score (nSPS) is 17.2. The Balaban J connectivity index is 1.50. The van der Waals surface area contributed by atoms with Crippen molar-refractivity contribution in [1.82, 2.24) is 14.5 Å². The lowest BCUT2D eigenvalue weighted by atomic mass is 9.97. The van der Waals surface area contributed by atoms with Gasteiger partial charge in [-0.2, -0.15) is 0 Å². The molecule has 1 fully saturated rings. The molecule has 6 heteroatoms. The summed E-state index contributed by atoms with van der Waals surface area (Å²) >= 11 is 0. The van der Waals surface area contributed by atoms with Crippen LogP contribution in [0.2, 0.25) is 0 Å². The molecule has 1 aromatic carbocycles. The van der Waals surface area contributed by atoms with Gasteiger partial charge in [0.05, 0.1) is 17.1 Å². The van der Waals surface area contributed by atoms with Crippen molar-refractivity contribution in [2.75, 3.05) is 23.3 Å². The Kier molecular flexibility index (Phi) is 5.28. The number of piperidine rings is 1. The first-order valence-electron chi connectivity index (χ1n) is 10.0. The van der Waals surface area contributed by atoms with E-state index >= 15 is 0 Å². The first-order valence-corrected chi connectivity index (χ1v) is 10.0. The summed E-state index contributed by atoms with van der Waals surface area (Å²) in [5, 5.41) is 4.27. The van der Waals surface area contributed by atoms with Crippen molar-refractivity contribution in [3.05, 3.63) is 48.9 Å². The molecule has 0 unspecified atom stereocenters. The Hall–Kier alpha value is -2.89. The van der Waals surface area contributed by atoms with E-state index in [4.69, 9.17) is 0 Å². The fourth-order valence-electron chi connectivity index (χ4n) is 3.95. The van der Waals surface area contributed by atoms with Crippen LogP contribution in [0.1, 0.15) is 26.7 Å². The number of carbonyl (C=O) groups excluding carboxylic acids is 1. The largest absolute Gasteiger partial charge is 0.347 e. The van der Waals surface area contributed by atoms with Crippen molar-refractivity contribution in [1.29, 1.82) is 0 Å². The summed E-state index contributed by atoms with van der Waals surface area (Å²) in [4.78, 5) is 23.7. The summed E-state index contributed by atoms with van der Waals surface area (Å²) in [6, 6.07) is 10.0. The van der Waals surface area contributed by atoms with Crippen molar-refractivity contribution in [2.24, 2.45) is 11.8 Å². The minimum Gasteiger partial charge on any atom is -0.347 e. The van der Waals surface area contributed by atoms with E-state index in [-0.39, 0.29) is 11.8 Å². The number of anilines is 2. The summed E-state index contributed by atoms with van der Waals surface area (Å²) in [6.45, 7) is 6.93. The van der Waals surface area contributed by atoms with Gasteiger partial charge in [0, 0.05) is 43.6 Å². The molecular weight excluding hydrogens is 350 g/mol. The number of nitrogens with one attached hydrogen (secondary N) is 1. The highest BCUT2D eigenvalue weighted by Gasteiger charge is 2.27. The van der Waals surface area contributed by atoms with Crippen LogP contribution in [0.5, 0.6) is 0 Å². The topological polar surface area (TPSA) is 63.1 Å². The predicted octanol–water partition coefficient (Wildman–Crippen LogP) is 3.94. The van der Waals surface area contributed by atoms with Gasteiger partial charge in [-0.1, -0.05) is 19.9 Å². The van der Waals surface area contributed by atoms with Crippen molar-refractivity contribution >= 4 is 28.4 Å². The summed E-state index contributed by atoms with van der Waals surface area (Å²) in [5.74, 6) is 1.28. The van der Waals surface area contributed by atoms with Gasteiger partial charge in [-0.15, -0.1) is 0 Å². The lowest BCUT2D eigenvalue weighted by molar-refractivity contribution is -0.120. The van der Waals surface area contributed by atoms with Crippen LogP contribution in [0.25, 0.3) is 10.9 Å². The number of amides is 1. The molecule has 1 amide bonds. The molecule has 1 aliphatic heterocycles. The van der Waals surface area contributed by atoms with Gasteiger partial charge >= 0.3 is 0 Å². The Morgan fingerprint density at radius 2 is 2.04 bits per heavy atom. The van der Waals surface area contributed by atoms with Crippen molar-refractivity contribution < 1.29 is 4.79 Å². The highest BCUT2D eigenvalue weighted by atomic mass is 16.1. The lowest BCUT2D eigenvalue weighted by Crippen LogP contribution is -2.41. The quantitative estimate of drug-likeness (QED) is 0.731. The average Bonchev–Trinajstić information content (AvgIpc) is 3.12. The van der Waals surface area contributed by atoms with Crippen LogP contribution in [0.15, 0.2) is 48.9 Å². The number of rotatable bonds is 5. The zero-order chi connectivity index (χ0) is 19.5. The van der Waals surface area contributed by atoms with Crippen LogP contribution < -0.4 is 10.2 Å². The summed E-state index contributed by atoms with van der Waals surface area (Å²) in [6.07, 6.45) is 7.45. The maximum absolute atomic E-state index is 13.0. The highest BCUT2D eigenvalue weighted by Crippen LogP contribution is 2.27. The van der Waals surface area contributed by atoms with Crippen LogP contribution in [0, 0.1) is 11.8 Å². The monoisotopic (exact) mass is 377 g/mol. The van der Waals surface area contributed by atoms with Crippen LogP contribution in [0.4, 0.5) is 11.6 Å². The third kappa shape index (κ3) is 3.86. The zero-order valence-electron chi connectivity index (χ0n) is 16.5. The van der Waals surface area contributed by atoms with Crippen LogP contribution in [0.3, 0.4) is 0 Å². The van der Waals surface area contributed by atoms with Crippen molar-refractivity contribution in [2.45, 2.75) is 33.2 Å². The fraction of sp³-hybridized carbons (Fsp3) is 0.409. The van der Waals surface area contributed by atoms with E-state index in [2.05, 4.69) is 56.9 Å². The van der Waals surface area contributed by atoms with Crippen LogP contribution in [-0.4, -0.2) is 33.5 Å². The summed E-state index contributed by atoms with van der Waals surface area (Å²) < 4.78 is 2.25. The smallest absolute Gasteiger partial charge is 0.229 e. The van der Waals surface area contributed by atoms with E-state index in [1.54, 1.807) is 12.4 Å². The number of hydrogen-bond acceptors (Lipinski definition) is 4. The maximum Gasteiger partial charge on any atom is 0.229 e. The first-order chi connectivity index (χ1) is 13.6. The van der Waals surface area contributed by atoms with Gasteiger partial charge in [0.15, 0.2) is 0 Å². The van der Waals surface area contributed by atoms with E-state index < -0.39 is 0 Å². The van der Waals surface area contributed by atoms with Crippen molar-refractivity contribution in [3.8, 4) is 0 Å². The standard InChI is InChI=1S/C22H27N5O/c1-16(2)14-26-13-9-18-19(7-3-8-20(18)26)25-21(28)17-6-4-12-27(15-17)22-23-10-5-11-24-22/h3,5,7-11,13,16-17H,4,6,12,14-15H2,1-2H3,(H,25,28)/t17-/m1/s1. The molecular formula is C22H27N5O. The van der Waals surface area contributed by atoms with Gasteiger partial charge in [0.25, 0.3) is 0 Å². The molecule has 0 saturated carbocycles. The highest BCUT2D eigenvalue weighted by molar-refractivity contribution is 6.02. The molecule has 0 radical (unpaired) electrons. The Bertz CT molecular complexity index is 950. The number of benzene rings is 1. The summed E-state index contributed by atoms with van der Waals surface area (Å²) in [5.41, 5.74) is 2.05. The number of nitrogens with zero attached hydrogens (tertiary/aromatic N) is 4. The van der Waals surface area contributed by atoms with Crippen molar-refractivity contribution in [3.63, 3.8) is 0 Å². The predicted molar refractivity (Wildman–Crippen MR) is 112 cm³/mol. The molecule has 6 nitrogen and oxygen atoms in total. The third-order valence-corrected chi connectivity index (χ3v) is 5.26. The molecule has 4 rings (SSSR count). The molecule has 0 aliphatic carbocycles. The zero-order valence-corrected chi connectivity index (χ0v) is 16.5. The number of hydrogen-bond donors (Lipinski definition) is 1. The summed E-state index contributed by atoms with van der Waals surface area (Å²) in [7, 11) is 0. The average molecular weight is 377 g/mol. The Labute approximate surface area is 165 Å². The Morgan fingerprint density at radius 1 is 1.21 bits per heavy atom. The number of fused-ring (bicyclic) bond motifs is 1. The second kappa shape index (κ2) is 8.00. The molecule has 0 spiro atoms. The Morgan fingerprint density at radius 3 is 2.82 bits per heavy atom.